The zero-order valence-electron chi connectivity index (χ0n) is 9.90. The number of amides is 1. The summed E-state index contributed by atoms with van der Waals surface area (Å²) < 4.78 is 0. The average Bonchev–Trinajstić information content (AvgIpc) is 2.16. The van der Waals surface area contributed by atoms with Crippen molar-refractivity contribution in [2.75, 3.05) is 13.1 Å². The Labute approximate surface area is 95.8 Å². The van der Waals surface area contributed by atoms with Gasteiger partial charge < -0.3 is 15.3 Å². The van der Waals surface area contributed by atoms with Crippen LogP contribution in [0, 0.1) is 0 Å². The van der Waals surface area contributed by atoms with Crippen molar-refractivity contribution < 1.29 is 14.7 Å². The van der Waals surface area contributed by atoms with Gasteiger partial charge in [0.25, 0.3) is 0 Å². The number of carboxylic acids is 1. The van der Waals surface area contributed by atoms with Gasteiger partial charge in [-0.1, -0.05) is 0 Å². The molecule has 1 fully saturated rings. The standard InChI is InChI=1S/C11H20N2O3/c1-8(2)13-5-3-9(4-6-13)12-10(14)7-11(15)16/h8-9H,3-7H2,1-2H3,(H,12,14)(H,15,16). The molecule has 5 nitrogen and oxygen atoms in total. The quantitative estimate of drug-likeness (QED) is 0.685. The molecular formula is C11H20N2O3. The lowest BCUT2D eigenvalue weighted by atomic mass is 10.0. The van der Waals surface area contributed by atoms with Crippen molar-refractivity contribution in [3.8, 4) is 0 Å². The summed E-state index contributed by atoms with van der Waals surface area (Å²) in [7, 11) is 0. The molecule has 1 saturated heterocycles. The second-order valence-corrected chi connectivity index (χ2v) is 4.54. The number of piperidine rings is 1. The summed E-state index contributed by atoms with van der Waals surface area (Å²) in [5.74, 6) is -1.45. The Morgan fingerprint density at radius 2 is 1.94 bits per heavy atom. The van der Waals surface area contributed by atoms with E-state index >= 15 is 0 Å². The predicted molar refractivity (Wildman–Crippen MR) is 60.1 cm³/mol. The van der Waals surface area contributed by atoms with E-state index in [1.54, 1.807) is 0 Å². The second-order valence-electron chi connectivity index (χ2n) is 4.54. The van der Waals surface area contributed by atoms with Crippen molar-refractivity contribution in [1.82, 2.24) is 10.2 Å². The summed E-state index contributed by atoms with van der Waals surface area (Å²) in [6, 6.07) is 0.678. The number of rotatable bonds is 4. The van der Waals surface area contributed by atoms with Gasteiger partial charge in [0.15, 0.2) is 0 Å². The van der Waals surface area contributed by atoms with Gasteiger partial charge in [-0.2, -0.15) is 0 Å². The van der Waals surface area contributed by atoms with Crippen molar-refractivity contribution in [2.45, 2.75) is 45.2 Å². The van der Waals surface area contributed by atoms with Crippen molar-refractivity contribution in [2.24, 2.45) is 0 Å². The van der Waals surface area contributed by atoms with Gasteiger partial charge in [-0.3, -0.25) is 9.59 Å². The molecule has 1 aliphatic rings. The van der Waals surface area contributed by atoms with Gasteiger partial charge in [0.2, 0.25) is 5.91 Å². The Morgan fingerprint density at radius 1 is 1.38 bits per heavy atom. The molecule has 1 heterocycles. The third-order valence-electron chi connectivity index (χ3n) is 2.94. The molecule has 0 unspecified atom stereocenters. The third-order valence-corrected chi connectivity index (χ3v) is 2.94. The molecule has 0 bridgehead atoms. The largest absolute Gasteiger partial charge is 0.481 e. The summed E-state index contributed by atoms with van der Waals surface area (Å²) in [6.07, 6.45) is 1.39. The molecule has 92 valence electrons. The molecule has 1 aliphatic heterocycles. The van der Waals surface area contributed by atoms with Gasteiger partial charge in [0, 0.05) is 25.2 Å². The Kier molecular flexibility index (Phi) is 4.73. The van der Waals surface area contributed by atoms with Gasteiger partial charge in [0.05, 0.1) is 0 Å². The molecule has 0 saturated carbocycles. The first-order valence-corrected chi connectivity index (χ1v) is 5.74. The van der Waals surface area contributed by atoms with E-state index in [1.807, 2.05) is 0 Å². The lowest BCUT2D eigenvalue weighted by Gasteiger charge is -2.34. The number of carbonyl (C=O) groups excluding carboxylic acids is 1. The topological polar surface area (TPSA) is 69.6 Å². The number of hydrogen-bond acceptors (Lipinski definition) is 3. The number of nitrogens with one attached hydrogen (secondary N) is 1. The van der Waals surface area contributed by atoms with E-state index in [9.17, 15) is 9.59 Å². The van der Waals surface area contributed by atoms with Gasteiger partial charge in [-0.25, -0.2) is 0 Å². The van der Waals surface area contributed by atoms with Crippen LogP contribution in [0.1, 0.15) is 33.1 Å². The Morgan fingerprint density at radius 3 is 2.38 bits per heavy atom. The minimum Gasteiger partial charge on any atom is -0.481 e. The van der Waals surface area contributed by atoms with Gasteiger partial charge in [0.1, 0.15) is 6.42 Å². The maximum Gasteiger partial charge on any atom is 0.312 e. The molecule has 0 atom stereocenters. The molecule has 5 heteroatoms. The maximum atomic E-state index is 11.2. The highest BCUT2D eigenvalue weighted by atomic mass is 16.4. The zero-order valence-corrected chi connectivity index (χ0v) is 9.90. The zero-order chi connectivity index (χ0) is 12.1. The number of carbonyl (C=O) groups is 2. The lowest BCUT2D eigenvalue weighted by Crippen LogP contribution is -2.46. The normalized spacial score (nSPS) is 18.7. The number of hydrogen-bond donors (Lipinski definition) is 2. The fraction of sp³-hybridized carbons (Fsp3) is 0.818. The van der Waals surface area contributed by atoms with Crippen molar-refractivity contribution in [3.05, 3.63) is 0 Å². The number of aliphatic carboxylic acids is 1. The molecule has 0 aromatic rings. The monoisotopic (exact) mass is 228 g/mol. The van der Waals surface area contributed by atoms with Gasteiger partial charge >= 0.3 is 5.97 Å². The SMILES string of the molecule is CC(C)N1CCC(NC(=O)CC(=O)O)CC1. The molecule has 1 rings (SSSR count). The van der Waals surface area contributed by atoms with E-state index < -0.39 is 12.4 Å². The summed E-state index contributed by atoms with van der Waals surface area (Å²) in [5, 5.41) is 11.2. The van der Waals surface area contributed by atoms with Gasteiger partial charge in [-0.05, 0) is 26.7 Å². The van der Waals surface area contributed by atoms with Crippen LogP contribution in [0.4, 0.5) is 0 Å². The smallest absolute Gasteiger partial charge is 0.312 e. The molecule has 0 aliphatic carbocycles. The van der Waals surface area contributed by atoms with Crippen molar-refractivity contribution in [3.63, 3.8) is 0 Å². The second kappa shape index (κ2) is 5.84. The summed E-state index contributed by atoms with van der Waals surface area (Å²) in [4.78, 5) is 23.9. The summed E-state index contributed by atoms with van der Waals surface area (Å²) in [6.45, 7) is 6.25. The Bertz CT molecular complexity index is 258. The molecule has 2 N–H and O–H groups in total. The highest BCUT2D eigenvalue weighted by molar-refractivity contribution is 5.93. The fourth-order valence-corrected chi connectivity index (χ4v) is 1.98. The minimum absolute atomic E-state index is 0.141. The van der Waals surface area contributed by atoms with Crippen LogP contribution >= 0.6 is 0 Å². The lowest BCUT2D eigenvalue weighted by molar-refractivity contribution is -0.140. The van der Waals surface area contributed by atoms with E-state index in [4.69, 9.17) is 5.11 Å². The summed E-state index contributed by atoms with van der Waals surface area (Å²) >= 11 is 0. The molecule has 0 spiro atoms. The van der Waals surface area contributed by atoms with Crippen LogP contribution in [0.5, 0.6) is 0 Å². The van der Waals surface area contributed by atoms with E-state index in [0.717, 1.165) is 25.9 Å². The third kappa shape index (κ3) is 4.18. The molecule has 0 radical (unpaired) electrons. The van der Waals surface area contributed by atoms with Crippen LogP contribution in [0.3, 0.4) is 0 Å². The predicted octanol–water partition coefficient (Wildman–Crippen LogP) is 0.450. The Balaban J connectivity index is 2.26. The maximum absolute atomic E-state index is 11.2. The van der Waals surface area contributed by atoms with Gasteiger partial charge in [-0.15, -0.1) is 0 Å². The first-order valence-electron chi connectivity index (χ1n) is 5.74. The minimum atomic E-state index is -1.07. The molecule has 16 heavy (non-hydrogen) atoms. The van der Waals surface area contributed by atoms with Crippen LogP contribution < -0.4 is 5.32 Å². The van der Waals surface area contributed by atoms with Crippen molar-refractivity contribution >= 4 is 11.9 Å². The fourth-order valence-electron chi connectivity index (χ4n) is 1.98. The van der Waals surface area contributed by atoms with E-state index in [2.05, 4.69) is 24.1 Å². The van der Waals surface area contributed by atoms with Crippen LogP contribution in [0.2, 0.25) is 0 Å². The summed E-state index contributed by atoms with van der Waals surface area (Å²) in [5.41, 5.74) is 0. The van der Waals surface area contributed by atoms with Crippen molar-refractivity contribution in [1.29, 1.82) is 0 Å². The molecular weight excluding hydrogens is 208 g/mol. The van der Waals surface area contributed by atoms with Crippen LogP contribution in [-0.2, 0) is 9.59 Å². The molecule has 1 amide bonds. The van der Waals surface area contributed by atoms with Crippen LogP contribution in [-0.4, -0.2) is 47.1 Å². The highest BCUT2D eigenvalue weighted by Crippen LogP contribution is 2.12. The average molecular weight is 228 g/mol. The number of nitrogens with zero attached hydrogens (tertiary/aromatic N) is 1. The molecule has 0 aromatic heterocycles. The van der Waals surface area contributed by atoms with Crippen LogP contribution in [0.15, 0.2) is 0 Å². The van der Waals surface area contributed by atoms with Crippen LogP contribution in [0.25, 0.3) is 0 Å². The van der Waals surface area contributed by atoms with E-state index in [0.29, 0.717) is 6.04 Å². The number of likely N-dealkylation sites (tertiary alicyclic amines) is 1. The number of carboxylic acid groups (broad SMARTS) is 1. The first-order chi connectivity index (χ1) is 7.49. The highest BCUT2D eigenvalue weighted by Gasteiger charge is 2.22. The van der Waals surface area contributed by atoms with E-state index in [-0.39, 0.29) is 11.9 Å². The first kappa shape index (κ1) is 13.0. The Hall–Kier alpha value is -1.10. The van der Waals surface area contributed by atoms with E-state index in [1.165, 1.54) is 0 Å². The molecule has 0 aromatic carbocycles.